The van der Waals surface area contributed by atoms with Crippen molar-refractivity contribution in [1.82, 2.24) is 10.2 Å². The van der Waals surface area contributed by atoms with Crippen LogP contribution in [0.4, 0.5) is 13.2 Å². The summed E-state index contributed by atoms with van der Waals surface area (Å²) in [6.45, 7) is 3.41. The molecular weight excluding hydrogens is 437 g/mol. The van der Waals surface area contributed by atoms with E-state index >= 15 is 0 Å². The van der Waals surface area contributed by atoms with Crippen molar-refractivity contribution in [2.24, 2.45) is 5.92 Å². The number of rotatable bonds is 5. The van der Waals surface area contributed by atoms with Gasteiger partial charge in [0.2, 0.25) is 0 Å². The van der Waals surface area contributed by atoms with Crippen molar-refractivity contribution in [2.75, 3.05) is 19.7 Å². The molecule has 1 aliphatic carbocycles. The van der Waals surface area contributed by atoms with Gasteiger partial charge >= 0.3 is 12.1 Å². The molecule has 11 heteroatoms. The van der Waals surface area contributed by atoms with Crippen LogP contribution in [0.15, 0.2) is 39.6 Å². The summed E-state index contributed by atoms with van der Waals surface area (Å²) in [6, 6.07) is 6.08. The Morgan fingerprint density at radius 3 is 2.68 bits per heavy atom. The molecule has 0 spiro atoms. The zero-order valence-electron chi connectivity index (χ0n) is 16.5. The number of carboxylic acid groups (broad SMARTS) is 1. The number of thiophene rings is 1. The largest absolute Gasteiger partial charge is 0.490 e. The predicted octanol–water partition coefficient (Wildman–Crippen LogP) is 3.38. The lowest BCUT2D eigenvalue weighted by molar-refractivity contribution is -0.192. The maximum Gasteiger partial charge on any atom is 0.490 e. The van der Waals surface area contributed by atoms with Crippen molar-refractivity contribution in [3.05, 3.63) is 46.5 Å². The molecule has 3 unspecified atom stereocenters. The van der Waals surface area contributed by atoms with Crippen molar-refractivity contribution in [2.45, 2.75) is 37.7 Å². The van der Waals surface area contributed by atoms with Gasteiger partial charge in [0.25, 0.3) is 5.91 Å². The van der Waals surface area contributed by atoms with Gasteiger partial charge in [0.15, 0.2) is 5.76 Å². The van der Waals surface area contributed by atoms with Crippen molar-refractivity contribution >= 4 is 23.2 Å². The molecular formula is C20H23F3N2O5S. The number of halogens is 3. The minimum absolute atomic E-state index is 0.144. The fraction of sp³-hybridized carbons (Fsp3) is 0.500. The molecule has 2 aliphatic rings. The first-order chi connectivity index (χ1) is 14.8. The molecule has 2 aromatic rings. The molecule has 1 aliphatic heterocycles. The molecule has 170 valence electrons. The number of carboxylic acids is 1. The summed E-state index contributed by atoms with van der Waals surface area (Å²) in [5.74, 6) is -2.16. The average molecular weight is 460 g/mol. The van der Waals surface area contributed by atoms with E-state index < -0.39 is 12.1 Å². The van der Waals surface area contributed by atoms with Gasteiger partial charge in [-0.2, -0.15) is 24.5 Å². The first-order valence-corrected chi connectivity index (χ1v) is 10.7. The van der Waals surface area contributed by atoms with Crippen molar-refractivity contribution in [3.8, 4) is 0 Å². The van der Waals surface area contributed by atoms with Crippen LogP contribution >= 0.6 is 11.3 Å². The highest BCUT2D eigenvalue weighted by Crippen LogP contribution is 2.35. The van der Waals surface area contributed by atoms with Crippen LogP contribution in [0, 0.1) is 5.92 Å². The van der Waals surface area contributed by atoms with E-state index in [9.17, 15) is 18.0 Å². The quantitative estimate of drug-likeness (QED) is 0.711. The van der Waals surface area contributed by atoms with Crippen LogP contribution in [-0.4, -0.2) is 59.9 Å². The number of nitrogens with zero attached hydrogens (tertiary/aromatic N) is 1. The third kappa shape index (κ3) is 6.31. The molecule has 31 heavy (non-hydrogen) atoms. The van der Waals surface area contributed by atoms with Crippen LogP contribution in [0.1, 0.15) is 29.0 Å². The monoisotopic (exact) mass is 460 g/mol. The zero-order chi connectivity index (χ0) is 22.4. The Morgan fingerprint density at radius 1 is 1.29 bits per heavy atom. The van der Waals surface area contributed by atoms with E-state index in [1.807, 2.05) is 0 Å². The fourth-order valence-electron chi connectivity index (χ4n) is 3.89. The zero-order valence-corrected chi connectivity index (χ0v) is 17.3. The number of nitrogens with one attached hydrogen (secondary N) is 1. The Hall–Kier alpha value is -2.37. The number of hydrogen-bond donors (Lipinski definition) is 2. The van der Waals surface area contributed by atoms with E-state index in [4.69, 9.17) is 19.1 Å². The number of alkyl halides is 3. The number of amides is 1. The van der Waals surface area contributed by atoms with Gasteiger partial charge in [0, 0.05) is 31.6 Å². The third-order valence-electron chi connectivity index (χ3n) is 5.31. The van der Waals surface area contributed by atoms with Gasteiger partial charge in [-0.1, -0.05) is 0 Å². The van der Waals surface area contributed by atoms with Crippen LogP contribution in [-0.2, 0) is 16.1 Å². The van der Waals surface area contributed by atoms with E-state index in [1.54, 1.807) is 23.5 Å². The maximum atomic E-state index is 12.0. The van der Waals surface area contributed by atoms with E-state index in [0.29, 0.717) is 24.3 Å². The lowest BCUT2D eigenvalue weighted by Gasteiger charge is -2.39. The number of carbonyl (C=O) groups excluding carboxylic acids is 1. The van der Waals surface area contributed by atoms with Crippen LogP contribution in [0.5, 0.6) is 0 Å². The van der Waals surface area contributed by atoms with Crippen LogP contribution < -0.4 is 5.32 Å². The summed E-state index contributed by atoms with van der Waals surface area (Å²) >= 11 is 1.75. The first kappa shape index (κ1) is 23.3. The minimum Gasteiger partial charge on any atom is -0.475 e. The number of furan rings is 1. The molecule has 2 N–H and O–H groups in total. The molecule has 1 saturated carbocycles. The van der Waals surface area contributed by atoms with Gasteiger partial charge in [0.1, 0.15) is 0 Å². The molecule has 0 bridgehead atoms. The lowest BCUT2D eigenvalue weighted by atomic mass is 10.0. The molecule has 1 amide bonds. The van der Waals surface area contributed by atoms with Gasteiger partial charge < -0.3 is 19.6 Å². The normalized spacial score (nSPS) is 23.5. The summed E-state index contributed by atoms with van der Waals surface area (Å²) in [6.07, 6.45) is -1.12. The average Bonchev–Trinajstić information content (AvgIpc) is 3.48. The smallest absolute Gasteiger partial charge is 0.475 e. The van der Waals surface area contributed by atoms with E-state index in [1.165, 1.54) is 11.8 Å². The molecule has 1 saturated heterocycles. The Kier molecular flexibility index (Phi) is 7.74. The van der Waals surface area contributed by atoms with Gasteiger partial charge in [-0.25, -0.2) is 4.79 Å². The number of morpholine rings is 1. The van der Waals surface area contributed by atoms with E-state index in [0.717, 1.165) is 32.5 Å². The highest BCUT2D eigenvalue weighted by Gasteiger charge is 2.42. The van der Waals surface area contributed by atoms with Crippen molar-refractivity contribution in [1.29, 1.82) is 0 Å². The van der Waals surface area contributed by atoms with Crippen molar-refractivity contribution < 1.29 is 37.0 Å². The third-order valence-corrected chi connectivity index (χ3v) is 6.04. The van der Waals surface area contributed by atoms with Gasteiger partial charge in [0.05, 0.1) is 19.0 Å². The van der Waals surface area contributed by atoms with E-state index in [2.05, 4.69) is 27.0 Å². The number of ether oxygens (including phenoxy) is 1. The SMILES string of the molecule is O=C(NCC1CCC2C1OCCN2Cc1ccsc1)c1ccco1.O=C(O)C(F)(F)F. The van der Waals surface area contributed by atoms with Crippen molar-refractivity contribution in [3.63, 3.8) is 0 Å². The van der Waals surface area contributed by atoms with Gasteiger partial charge in [-0.3, -0.25) is 9.69 Å². The Balaban J connectivity index is 0.000000339. The second-order valence-corrected chi connectivity index (χ2v) is 8.11. The number of carbonyl (C=O) groups is 2. The minimum atomic E-state index is -5.08. The molecule has 2 aromatic heterocycles. The maximum absolute atomic E-state index is 12.0. The summed E-state index contributed by atoms with van der Waals surface area (Å²) in [5.41, 5.74) is 1.38. The molecule has 4 rings (SSSR count). The topological polar surface area (TPSA) is 92.0 Å². The fourth-order valence-corrected chi connectivity index (χ4v) is 4.55. The summed E-state index contributed by atoms with van der Waals surface area (Å²) in [5, 5.41) is 14.5. The first-order valence-electron chi connectivity index (χ1n) is 9.74. The summed E-state index contributed by atoms with van der Waals surface area (Å²) in [4.78, 5) is 23.5. The molecule has 3 heterocycles. The van der Waals surface area contributed by atoms with Gasteiger partial charge in [-0.15, -0.1) is 0 Å². The predicted molar refractivity (Wildman–Crippen MR) is 106 cm³/mol. The number of fused-ring (bicyclic) bond motifs is 1. The Bertz CT molecular complexity index is 842. The molecule has 3 atom stereocenters. The molecule has 0 aromatic carbocycles. The summed E-state index contributed by atoms with van der Waals surface area (Å²) in [7, 11) is 0. The second kappa shape index (κ2) is 10.3. The Labute approximate surface area is 180 Å². The van der Waals surface area contributed by atoms with Gasteiger partial charge in [-0.05, 0) is 47.4 Å². The van der Waals surface area contributed by atoms with Crippen LogP contribution in [0.3, 0.4) is 0 Å². The molecule has 0 radical (unpaired) electrons. The molecule has 2 fully saturated rings. The standard InChI is InChI=1S/C18H22N2O3S.C2HF3O2/c21-18(16-2-1-7-22-16)19-10-14-3-4-15-17(14)23-8-6-20(15)11-13-5-9-24-12-13;3-2(4,5)1(6)7/h1-2,5,7,9,12,14-15,17H,3-4,6,8,10-11H2,(H,19,21);(H,6,7). The Morgan fingerprint density at radius 2 is 2.06 bits per heavy atom. The number of aliphatic carboxylic acids is 1. The van der Waals surface area contributed by atoms with E-state index in [-0.39, 0.29) is 12.0 Å². The summed E-state index contributed by atoms with van der Waals surface area (Å²) < 4.78 is 43.0. The second-order valence-electron chi connectivity index (χ2n) is 7.33. The highest BCUT2D eigenvalue weighted by atomic mass is 32.1. The highest BCUT2D eigenvalue weighted by molar-refractivity contribution is 7.07. The van der Waals surface area contributed by atoms with Crippen LogP contribution in [0.25, 0.3) is 0 Å². The number of hydrogen-bond acceptors (Lipinski definition) is 6. The molecule has 7 nitrogen and oxygen atoms in total. The lowest BCUT2D eigenvalue weighted by Crippen LogP contribution is -2.50. The van der Waals surface area contributed by atoms with Crippen LogP contribution in [0.2, 0.25) is 0 Å².